The van der Waals surface area contributed by atoms with Crippen LogP contribution in [0, 0.1) is 0 Å². The zero-order valence-electron chi connectivity index (χ0n) is 23.9. The molecule has 7 N–H and O–H groups in total. The Morgan fingerprint density at radius 1 is 0.878 bits per heavy atom. The molecule has 0 aliphatic heterocycles. The van der Waals surface area contributed by atoms with Gasteiger partial charge in [0.15, 0.2) is 29.0 Å². The molecule has 0 radical (unpaired) electrons. The van der Waals surface area contributed by atoms with Gasteiger partial charge in [0, 0.05) is 12.8 Å². The van der Waals surface area contributed by atoms with Crippen LogP contribution in [0.2, 0.25) is 5.15 Å². The molecule has 0 bridgehead atoms. The summed E-state index contributed by atoms with van der Waals surface area (Å²) in [6, 6.07) is 16.6. The minimum absolute atomic E-state index is 0.0425. The summed E-state index contributed by atoms with van der Waals surface area (Å²) in [6.45, 7) is 4.54. The van der Waals surface area contributed by atoms with Gasteiger partial charge in [0.2, 0.25) is 0 Å². The molecule has 10 nitrogen and oxygen atoms in total. The lowest BCUT2D eigenvalue weighted by Gasteiger charge is -2.38. The molecule has 1 atom stereocenters. The number of benzene rings is 2. The van der Waals surface area contributed by atoms with E-state index >= 15 is 0 Å². The second-order valence-corrected chi connectivity index (χ2v) is 10.6. The number of methoxy groups -OCH3 is 1. The van der Waals surface area contributed by atoms with Gasteiger partial charge in [0.25, 0.3) is 11.8 Å². The third kappa shape index (κ3) is 9.61. The topological polar surface area (TPSA) is 159 Å². The van der Waals surface area contributed by atoms with Crippen molar-refractivity contribution in [2.45, 2.75) is 39.0 Å². The molecule has 0 aliphatic rings. The lowest BCUT2D eigenvalue weighted by molar-refractivity contribution is -0.920. The van der Waals surface area contributed by atoms with E-state index in [1.54, 1.807) is 7.11 Å². The third-order valence-corrected chi connectivity index (χ3v) is 7.55. The van der Waals surface area contributed by atoms with Gasteiger partial charge in [-0.2, -0.15) is 0 Å². The van der Waals surface area contributed by atoms with Crippen molar-refractivity contribution >= 4 is 35.1 Å². The average molecular weight is 583 g/mol. The number of aryl methyl sites for hydroxylation is 3. The van der Waals surface area contributed by atoms with E-state index < -0.39 is 5.91 Å². The summed E-state index contributed by atoms with van der Waals surface area (Å²) >= 11 is 5.95. The number of halogens is 1. The Hall–Kier alpha value is -3.89. The first-order chi connectivity index (χ1) is 19.6. The number of nitrogens with one attached hydrogen (secondary N) is 1. The summed E-state index contributed by atoms with van der Waals surface area (Å²) in [6.07, 6.45) is 4.41. The predicted molar refractivity (Wildman–Crippen MR) is 163 cm³/mol. The van der Waals surface area contributed by atoms with Gasteiger partial charge in [-0.25, -0.2) is 9.97 Å². The van der Waals surface area contributed by atoms with Crippen LogP contribution in [-0.2, 0) is 24.1 Å². The van der Waals surface area contributed by atoms with Gasteiger partial charge in [0.05, 0.1) is 33.3 Å². The van der Waals surface area contributed by atoms with Crippen LogP contribution in [0.3, 0.4) is 0 Å². The number of primary amides is 1. The van der Waals surface area contributed by atoms with Crippen molar-refractivity contribution in [1.82, 2.24) is 15.3 Å². The Kier molecular flexibility index (Phi) is 11.7. The zero-order chi connectivity index (χ0) is 29.8. The van der Waals surface area contributed by atoms with Gasteiger partial charge in [-0.3, -0.25) is 9.59 Å². The van der Waals surface area contributed by atoms with E-state index in [2.05, 4.69) is 46.5 Å². The fraction of sp³-hybridized carbons (Fsp3) is 0.400. The maximum absolute atomic E-state index is 12.8. The van der Waals surface area contributed by atoms with Crippen LogP contribution in [0.15, 0.2) is 48.5 Å². The predicted octanol–water partition coefficient (Wildman–Crippen LogP) is 3.16. The molecule has 2 amide bonds. The van der Waals surface area contributed by atoms with Crippen molar-refractivity contribution in [2.24, 2.45) is 5.73 Å². The first-order valence-corrected chi connectivity index (χ1v) is 14.2. The van der Waals surface area contributed by atoms with Gasteiger partial charge >= 0.3 is 0 Å². The molecule has 2 aromatic carbocycles. The summed E-state index contributed by atoms with van der Waals surface area (Å²) in [7, 11) is 1.64. The number of carbonyl (C=O) groups excluding carboxylic acids is 2. The number of nitrogen functional groups attached to an aromatic ring is 2. The minimum Gasteiger partial charge on any atom is -0.497 e. The molecule has 3 rings (SSSR count). The highest BCUT2D eigenvalue weighted by Gasteiger charge is 2.29. The van der Waals surface area contributed by atoms with Gasteiger partial charge in [0.1, 0.15) is 5.75 Å². The first-order valence-electron chi connectivity index (χ1n) is 13.9. The Morgan fingerprint density at radius 3 is 1.98 bits per heavy atom. The number of hydrogen-bond acceptors (Lipinski definition) is 7. The summed E-state index contributed by atoms with van der Waals surface area (Å²) < 4.78 is 5.71. The molecular weight excluding hydrogens is 542 g/mol. The Morgan fingerprint density at radius 2 is 1.44 bits per heavy atom. The molecule has 0 saturated carbocycles. The number of quaternary nitrogens is 1. The van der Waals surface area contributed by atoms with Crippen molar-refractivity contribution in [3.8, 4) is 5.75 Å². The number of amides is 2. The van der Waals surface area contributed by atoms with Gasteiger partial charge in [-0.05, 0) is 48.1 Å². The van der Waals surface area contributed by atoms with E-state index in [4.69, 9.17) is 33.5 Å². The molecule has 0 saturated heterocycles. The standard InChI is InChI=1S/C30H40ClN7O3/c1-3-21-8-10-22(11-9-21)6-4-17-38(20-25(32)39,18-5-7-23-12-14-24(41-2)15-13-23)19-16-35-30(40)26-28(33)37-29(34)27(31)36-26/h8-15H,3-7,16-20H2,1-2H3,(H6-,32,33,34,35,37,39,40)/p+1. The highest BCUT2D eigenvalue weighted by Crippen LogP contribution is 2.19. The fourth-order valence-electron chi connectivity index (χ4n) is 4.97. The van der Waals surface area contributed by atoms with E-state index in [1.807, 2.05) is 24.3 Å². The fourth-order valence-corrected chi connectivity index (χ4v) is 5.10. The van der Waals surface area contributed by atoms with Crippen LogP contribution in [0.4, 0.5) is 11.6 Å². The Balaban J connectivity index is 1.72. The number of anilines is 2. The lowest BCUT2D eigenvalue weighted by atomic mass is 10.0. The Labute approximate surface area is 246 Å². The average Bonchev–Trinajstić information content (AvgIpc) is 2.95. The van der Waals surface area contributed by atoms with Crippen LogP contribution < -0.4 is 27.3 Å². The van der Waals surface area contributed by atoms with Crippen molar-refractivity contribution in [1.29, 1.82) is 0 Å². The van der Waals surface area contributed by atoms with Gasteiger partial charge in [-0.1, -0.05) is 54.9 Å². The number of carbonyl (C=O) groups is 2. The number of aromatic nitrogens is 2. The molecule has 11 heteroatoms. The smallest absolute Gasteiger partial charge is 0.273 e. The SMILES string of the molecule is CCc1ccc(CCC[N+](CCCc2ccc(OC)cc2)(CCNC(=O)c2nc(Cl)c(N)nc2N)CC(N)=O)cc1. The third-order valence-electron chi connectivity index (χ3n) is 7.27. The van der Waals surface area contributed by atoms with Crippen LogP contribution in [0.25, 0.3) is 0 Å². The minimum atomic E-state index is -0.511. The molecule has 0 fully saturated rings. The van der Waals surface area contributed by atoms with Crippen LogP contribution >= 0.6 is 11.6 Å². The van der Waals surface area contributed by atoms with E-state index in [1.165, 1.54) is 16.7 Å². The lowest BCUT2D eigenvalue weighted by Crippen LogP contribution is -2.57. The number of nitrogens with zero attached hydrogens (tertiary/aromatic N) is 3. The molecule has 1 heterocycles. The van der Waals surface area contributed by atoms with E-state index in [-0.39, 0.29) is 41.5 Å². The molecule has 3 aromatic rings. The number of hydrogen-bond donors (Lipinski definition) is 4. The van der Waals surface area contributed by atoms with Gasteiger partial charge < -0.3 is 31.7 Å². The molecule has 0 spiro atoms. The van der Waals surface area contributed by atoms with Gasteiger partial charge in [-0.15, -0.1) is 0 Å². The Bertz CT molecular complexity index is 1250. The second kappa shape index (κ2) is 15.2. The highest BCUT2D eigenvalue weighted by atomic mass is 35.5. The van der Waals surface area contributed by atoms with Crippen molar-refractivity contribution in [3.05, 3.63) is 76.1 Å². The molecule has 0 aliphatic carbocycles. The summed E-state index contributed by atoms with van der Waals surface area (Å²) in [5.41, 5.74) is 20.9. The molecule has 220 valence electrons. The quantitative estimate of drug-likeness (QED) is 0.189. The maximum Gasteiger partial charge on any atom is 0.273 e. The van der Waals surface area contributed by atoms with Crippen molar-refractivity contribution in [2.75, 3.05) is 51.3 Å². The second-order valence-electron chi connectivity index (χ2n) is 10.3. The molecule has 1 unspecified atom stereocenters. The van der Waals surface area contributed by atoms with E-state index in [0.717, 1.165) is 50.9 Å². The van der Waals surface area contributed by atoms with Crippen molar-refractivity contribution in [3.63, 3.8) is 0 Å². The summed E-state index contributed by atoms with van der Waals surface area (Å²) in [5, 5.41) is 2.76. The molecular formula is C30H41ClN7O3+. The first kappa shape index (κ1) is 31.6. The monoisotopic (exact) mass is 582 g/mol. The molecule has 1 aromatic heterocycles. The number of rotatable bonds is 16. The normalized spacial score (nSPS) is 12.5. The largest absolute Gasteiger partial charge is 0.497 e. The summed E-state index contributed by atoms with van der Waals surface area (Å²) in [4.78, 5) is 33.0. The summed E-state index contributed by atoms with van der Waals surface area (Å²) in [5.74, 6) is -0.227. The van der Waals surface area contributed by atoms with E-state index in [0.29, 0.717) is 11.0 Å². The highest BCUT2D eigenvalue weighted by molar-refractivity contribution is 6.31. The number of ether oxygens (including phenoxy) is 1. The zero-order valence-corrected chi connectivity index (χ0v) is 24.6. The van der Waals surface area contributed by atoms with E-state index in [9.17, 15) is 9.59 Å². The maximum atomic E-state index is 12.8. The van der Waals surface area contributed by atoms with Crippen molar-refractivity contribution < 1.29 is 18.8 Å². The van der Waals surface area contributed by atoms with Crippen LogP contribution in [0.5, 0.6) is 5.75 Å². The van der Waals surface area contributed by atoms with Crippen LogP contribution in [0.1, 0.15) is 46.9 Å². The number of nitrogens with two attached hydrogens (primary N) is 3. The van der Waals surface area contributed by atoms with Crippen LogP contribution in [-0.4, -0.2) is 66.1 Å². The molecule has 41 heavy (non-hydrogen) atoms.